The minimum Gasteiger partial charge on any atom is -0.353 e. The van der Waals surface area contributed by atoms with Crippen LogP contribution in [0.1, 0.15) is 12.8 Å². The molecule has 6 nitrogen and oxygen atoms in total. The summed E-state index contributed by atoms with van der Waals surface area (Å²) in [5.41, 5.74) is 1.96. The summed E-state index contributed by atoms with van der Waals surface area (Å²) in [6.07, 6.45) is 2.29. The van der Waals surface area contributed by atoms with Gasteiger partial charge in [0.1, 0.15) is 16.9 Å². The van der Waals surface area contributed by atoms with Crippen molar-refractivity contribution in [3.05, 3.63) is 48.5 Å². The first-order valence-electron chi connectivity index (χ1n) is 9.98. The summed E-state index contributed by atoms with van der Waals surface area (Å²) in [6.45, 7) is 6.36. The van der Waals surface area contributed by atoms with E-state index in [9.17, 15) is 0 Å². The molecule has 1 aliphatic rings. The van der Waals surface area contributed by atoms with Gasteiger partial charge in [-0.3, -0.25) is 4.90 Å². The van der Waals surface area contributed by atoms with E-state index >= 15 is 0 Å². The van der Waals surface area contributed by atoms with E-state index in [1.165, 1.54) is 16.5 Å². The second-order valence-electron chi connectivity index (χ2n) is 7.32. The second kappa shape index (κ2) is 7.85. The molecule has 4 aromatic rings. The summed E-state index contributed by atoms with van der Waals surface area (Å²) in [5.74, 6) is 1.16. The largest absolute Gasteiger partial charge is 0.353 e. The number of unbranched alkanes of at least 4 members (excludes halogenated alkanes) is 1. The Morgan fingerprint density at radius 3 is 2.25 bits per heavy atom. The van der Waals surface area contributed by atoms with Crippen molar-refractivity contribution in [3.63, 3.8) is 0 Å². The molecule has 0 amide bonds. The van der Waals surface area contributed by atoms with Gasteiger partial charge in [0.15, 0.2) is 0 Å². The number of anilines is 1. The summed E-state index contributed by atoms with van der Waals surface area (Å²) in [7, 11) is 0. The summed E-state index contributed by atoms with van der Waals surface area (Å²) in [4.78, 5) is 6.85. The monoisotopic (exact) mass is 392 g/mol. The van der Waals surface area contributed by atoms with Crippen molar-refractivity contribution in [1.29, 1.82) is 0 Å². The van der Waals surface area contributed by atoms with Crippen molar-refractivity contribution in [3.8, 4) is 0 Å². The zero-order chi connectivity index (χ0) is 18.8. The Labute approximate surface area is 168 Å². The van der Waals surface area contributed by atoms with Gasteiger partial charge in [0, 0.05) is 31.6 Å². The highest BCUT2D eigenvalue weighted by Crippen LogP contribution is 2.29. The molecule has 0 unspecified atom stereocenters. The zero-order valence-corrected chi connectivity index (χ0v) is 16.7. The molecule has 0 spiro atoms. The van der Waals surface area contributed by atoms with Gasteiger partial charge in [0.25, 0.3) is 0 Å². The summed E-state index contributed by atoms with van der Waals surface area (Å²) >= 11 is 1.61. The molecule has 0 N–H and O–H groups in total. The third kappa shape index (κ3) is 3.59. The number of aromatic nitrogens is 4. The zero-order valence-electron chi connectivity index (χ0n) is 15.9. The third-order valence-electron chi connectivity index (χ3n) is 5.44. The minimum atomic E-state index is 0.888. The molecule has 1 fully saturated rings. The number of nitrogens with zero attached hydrogens (tertiary/aromatic N) is 6. The van der Waals surface area contributed by atoms with Crippen LogP contribution < -0.4 is 4.90 Å². The molecule has 0 saturated carbocycles. The van der Waals surface area contributed by atoms with Crippen LogP contribution in [0, 0.1) is 0 Å². The Hall–Kier alpha value is -2.51. The van der Waals surface area contributed by atoms with Crippen LogP contribution >= 0.6 is 11.5 Å². The van der Waals surface area contributed by atoms with Gasteiger partial charge in [-0.25, -0.2) is 0 Å². The third-order valence-corrected chi connectivity index (χ3v) is 6.26. The Bertz CT molecular complexity index is 1030. The van der Waals surface area contributed by atoms with Crippen LogP contribution in [-0.4, -0.2) is 57.0 Å². The van der Waals surface area contributed by atoms with Crippen molar-refractivity contribution in [1.82, 2.24) is 24.3 Å². The van der Waals surface area contributed by atoms with Gasteiger partial charge < -0.3 is 4.90 Å². The Kier molecular flexibility index (Phi) is 4.93. The Morgan fingerprint density at radius 2 is 1.46 bits per heavy atom. The highest BCUT2D eigenvalue weighted by atomic mass is 32.1. The first kappa shape index (κ1) is 17.6. The van der Waals surface area contributed by atoms with Crippen LogP contribution in [0.5, 0.6) is 0 Å². The number of piperazine rings is 1. The van der Waals surface area contributed by atoms with E-state index < -0.39 is 0 Å². The van der Waals surface area contributed by atoms with Crippen LogP contribution in [0.25, 0.3) is 21.1 Å². The van der Waals surface area contributed by atoms with Crippen molar-refractivity contribution in [2.24, 2.45) is 0 Å². The number of rotatable bonds is 6. The first-order valence-corrected chi connectivity index (χ1v) is 10.8. The van der Waals surface area contributed by atoms with Crippen molar-refractivity contribution in [2.75, 3.05) is 37.6 Å². The van der Waals surface area contributed by atoms with E-state index in [4.69, 9.17) is 4.37 Å². The fourth-order valence-corrected chi connectivity index (χ4v) is 4.67. The topological polar surface area (TPSA) is 50.1 Å². The molecule has 7 heteroatoms. The van der Waals surface area contributed by atoms with Gasteiger partial charge in [-0.1, -0.05) is 24.3 Å². The predicted molar refractivity (Wildman–Crippen MR) is 115 cm³/mol. The molecule has 3 heterocycles. The van der Waals surface area contributed by atoms with E-state index in [-0.39, 0.29) is 0 Å². The number of aryl methyl sites for hydroxylation is 1. The molecule has 1 saturated heterocycles. The molecule has 5 rings (SSSR count). The summed E-state index contributed by atoms with van der Waals surface area (Å²) < 4.78 is 5.98. The molecule has 0 atom stereocenters. The summed E-state index contributed by atoms with van der Waals surface area (Å²) in [5, 5.41) is 10.4. The van der Waals surface area contributed by atoms with Crippen molar-refractivity contribution >= 4 is 38.5 Å². The standard InChI is InChI=1S/C21H24N6S/c1-4-10-20-17(7-1)21(24-28-20)26-15-13-25(14-16-26)11-5-6-12-27-22-18-8-2-3-9-19(18)23-27/h1-4,7-10H,5-6,11-16H2. The highest BCUT2D eigenvalue weighted by molar-refractivity contribution is 7.13. The van der Waals surface area contributed by atoms with E-state index in [1.807, 2.05) is 29.1 Å². The van der Waals surface area contributed by atoms with Gasteiger partial charge in [-0.15, -0.1) is 0 Å². The molecular formula is C21H24N6S. The molecule has 2 aromatic heterocycles. The second-order valence-corrected chi connectivity index (χ2v) is 8.13. The van der Waals surface area contributed by atoms with Gasteiger partial charge in [0.05, 0.1) is 11.2 Å². The van der Waals surface area contributed by atoms with E-state index in [0.717, 1.165) is 62.5 Å². The Balaban J connectivity index is 1.09. The van der Waals surface area contributed by atoms with E-state index in [0.29, 0.717) is 0 Å². The maximum atomic E-state index is 4.70. The maximum Gasteiger partial charge on any atom is 0.150 e. The molecular weight excluding hydrogens is 368 g/mol. The predicted octanol–water partition coefficient (Wildman–Crippen LogP) is 3.64. The molecule has 0 bridgehead atoms. The molecule has 0 radical (unpaired) electrons. The van der Waals surface area contributed by atoms with Gasteiger partial charge in [-0.05, 0) is 55.2 Å². The minimum absolute atomic E-state index is 0.888. The van der Waals surface area contributed by atoms with Crippen LogP contribution in [0.4, 0.5) is 5.82 Å². The van der Waals surface area contributed by atoms with Crippen molar-refractivity contribution in [2.45, 2.75) is 19.4 Å². The number of fused-ring (bicyclic) bond motifs is 2. The van der Waals surface area contributed by atoms with Gasteiger partial charge >= 0.3 is 0 Å². The summed E-state index contributed by atoms with van der Waals surface area (Å²) in [6, 6.07) is 16.6. The number of benzene rings is 2. The van der Waals surface area contributed by atoms with Crippen molar-refractivity contribution < 1.29 is 0 Å². The van der Waals surface area contributed by atoms with Crippen LogP contribution in [0.2, 0.25) is 0 Å². The average molecular weight is 393 g/mol. The molecule has 1 aliphatic heterocycles. The van der Waals surface area contributed by atoms with Crippen LogP contribution in [0.15, 0.2) is 48.5 Å². The fourth-order valence-electron chi connectivity index (χ4n) is 3.88. The number of hydrogen-bond donors (Lipinski definition) is 0. The molecule has 2 aromatic carbocycles. The lowest BCUT2D eigenvalue weighted by Gasteiger charge is -2.35. The Morgan fingerprint density at radius 1 is 0.786 bits per heavy atom. The SMILES string of the molecule is c1ccc2nn(CCCCN3CCN(c4nsc5ccccc45)CC3)nc2c1. The van der Waals surface area contributed by atoms with Gasteiger partial charge in [0.2, 0.25) is 0 Å². The van der Waals surface area contributed by atoms with E-state index in [1.54, 1.807) is 11.5 Å². The van der Waals surface area contributed by atoms with Gasteiger partial charge in [-0.2, -0.15) is 19.4 Å². The lowest BCUT2D eigenvalue weighted by atomic mass is 10.2. The smallest absolute Gasteiger partial charge is 0.150 e. The van der Waals surface area contributed by atoms with E-state index in [2.05, 4.69) is 44.3 Å². The fraction of sp³-hybridized carbons (Fsp3) is 0.381. The molecule has 144 valence electrons. The lowest BCUT2D eigenvalue weighted by molar-refractivity contribution is 0.250. The van der Waals surface area contributed by atoms with Crippen LogP contribution in [-0.2, 0) is 6.54 Å². The quantitative estimate of drug-likeness (QED) is 0.469. The molecule has 28 heavy (non-hydrogen) atoms. The highest BCUT2D eigenvalue weighted by Gasteiger charge is 2.20. The average Bonchev–Trinajstić information content (AvgIpc) is 3.35. The number of hydrogen-bond acceptors (Lipinski definition) is 6. The van der Waals surface area contributed by atoms with Crippen LogP contribution in [0.3, 0.4) is 0 Å². The maximum absolute atomic E-state index is 4.70. The first-order chi connectivity index (χ1) is 13.9. The normalized spacial score (nSPS) is 15.6. The molecule has 0 aliphatic carbocycles. The lowest BCUT2D eigenvalue weighted by Crippen LogP contribution is -2.46.